The van der Waals surface area contributed by atoms with Gasteiger partial charge in [0.1, 0.15) is 10.7 Å². The molecule has 1 N–H and O–H groups in total. The minimum Gasteiger partial charge on any atom is -0.462 e. The van der Waals surface area contributed by atoms with E-state index in [2.05, 4.69) is 5.32 Å². The van der Waals surface area contributed by atoms with Gasteiger partial charge in [0.2, 0.25) is 15.9 Å². The molecule has 2 aromatic carbocycles. The van der Waals surface area contributed by atoms with Crippen LogP contribution in [0.15, 0.2) is 65.6 Å². The van der Waals surface area contributed by atoms with Gasteiger partial charge in [-0.3, -0.25) is 9.69 Å². The van der Waals surface area contributed by atoms with E-state index in [9.17, 15) is 22.4 Å². The molecule has 11 heteroatoms. The minimum atomic E-state index is -3.81. The summed E-state index contributed by atoms with van der Waals surface area (Å²) in [6.07, 6.45) is 0. The Labute approximate surface area is 213 Å². The number of rotatable bonds is 8. The predicted octanol–water partition coefficient (Wildman–Crippen LogP) is 3.68. The summed E-state index contributed by atoms with van der Waals surface area (Å²) in [6.45, 7) is 3.00. The molecule has 0 unspecified atom stereocenters. The number of piperazine rings is 1. The Morgan fingerprint density at radius 3 is 2.42 bits per heavy atom. The second kappa shape index (κ2) is 11.3. The third-order valence-corrected chi connectivity index (χ3v) is 8.72. The van der Waals surface area contributed by atoms with Crippen LogP contribution >= 0.6 is 11.3 Å². The van der Waals surface area contributed by atoms with Crippen LogP contribution < -0.4 is 5.32 Å². The molecule has 4 rings (SSSR count). The maximum Gasteiger partial charge on any atom is 0.350 e. The molecule has 1 fully saturated rings. The van der Waals surface area contributed by atoms with Crippen molar-refractivity contribution < 1.29 is 27.1 Å². The van der Waals surface area contributed by atoms with Crippen LogP contribution in [0.4, 0.5) is 10.1 Å². The van der Waals surface area contributed by atoms with E-state index in [0.29, 0.717) is 23.7 Å². The van der Waals surface area contributed by atoms with Crippen LogP contribution in [0.1, 0.15) is 16.6 Å². The van der Waals surface area contributed by atoms with Crippen molar-refractivity contribution in [3.05, 3.63) is 71.4 Å². The van der Waals surface area contributed by atoms with Crippen molar-refractivity contribution in [1.29, 1.82) is 0 Å². The van der Waals surface area contributed by atoms with E-state index in [1.165, 1.54) is 33.8 Å². The number of sulfonamides is 1. The molecule has 0 atom stereocenters. The molecule has 3 aromatic rings. The Morgan fingerprint density at radius 1 is 1.03 bits per heavy atom. The van der Waals surface area contributed by atoms with Crippen LogP contribution in [0.25, 0.3) is 10.4 Å². The summed E-state index contributed by atoms with van der Waals surface area (Å²) in [5.74, 6) is -1.44. The maximum atomic E-state index is 13.5. The summed E-state index contributed by atoms with van der Waals surface area (Å²) in [6, 6.07) is 16.2. The first-order valence-electron chi connectivity index (χ1n) is 11.4. The van der Waals surface area contributed by atoms with Crippen molar-refractivity contribution in [2.45, 2.75) is 11.8 Å². The largest absolute Gasteiger partial charge is 0.462 e. The van der Waals surface area contributed by atoms with E-state index in [1.807, 2.05) is 35.2 Å². The number of thiophene rings is 1. The fourth-order valence-corrected chi connectivity index (χ4v) is 6.34. The number of anilines is 1. The van der Waals surface area contributed by atoms with Crippen molar-refractivity contribution in [1.82, 2.24) is 9.21 Å². The third-order valence-electron chi connectivity index (χ3n) is 5.66. The normalized spacial score (nSPS) is 14.9. The van der Waals surface area contributed by atoms with Gasteiger partial charge in [-0.25, -0.2) is 17.6 Å². The fourth-order valence-electron chi connectivity index (χ4n) is 3.87. The summed E-state index contributed by atoms with van der Waals surface area (Å²) in [7, 11) is -3.81. The van der Waals surface area contributed by atoms with Gasteiger partial charge >= 0.3 is 5.97 Å². The van der Waals surface area contributed by atoms with Crippen LogP contribution in [0.3, 0.4) is 0 Å². The summed E-state index contributed by atoms with van der Waals surface area (Å²) >= 11 is 1.25. The van der Waals surface area contributed by atoms with E-state index < -0.39 is 21.8 Å². The molecule has 0 saturated carbocycles. The van der Waals surface area contributed by atoms with E-state index in [4.69, 9.17) is 4.74 Å². The molecule has 0 radical (unpaired) electrons. The number of esters is 1. The number of nitrogens with one attached hydrogen (secondary N) is 1. The zero-order valence-corrected chi connectivity index (χ0v) is 21.3. The highest BCUT2D eigenvalue weighted by molar-refractivity contribution is 7.89. The van der Waals surface area contributed by atoms with Crippen molar-refractivity contribution in [2.75, 3.05) is 44.6 Å². The summed E-state index contributed by atoms with van der Waals surface area (Å²) in [4.78, 5) is 28.2. The van der Waals surface area contributed by atoms with Gasteiger partial charge in [0.15, 0.2) is 0 Å². The Kier molecular flexibility index (Phi) is 8.14. The number of carbonyl (C=O) groups is 2. The lowest BCUT2D eigenvalue weighted by Gasteiger charge is -2.33. The lowest BCUT2D eigenvalue weighted by atomic mass is 10.2. The molecule has 1 aliphatic rings. The number of halogens is 1. The van der Waals surface area contributed by atoms with Crippen LogP contribution in [0, 0.1) is 5.82 Å². The lowest BCUT2D eigenvalue weighted by Crippen LogP contribution is -2.50. The van der Waals surface area contributed by atoms with Crippen LogP contribution in [-0.4, -0.2) is 68.8 Å². The van der Waals surface area contributed by atoms with Gasteiger partial charge in [0.05, 0.1) is 23.7 Å². The summed E-state index contributed by atoms with van der Waals surface area (Å²) < 4.78 is 45.6. The molecular formula is C25H26FN3O5S2. The number of carbonyl (C=O) groups excluding carboxylic acids is 2. The topological polar surface area (TPSA) is 96.0 Å². The Morgan fingerprint density at radius 2 is 1.75 bits per heavy atom. The SMILES string of the molecule is CCOC(=O)c1sc(-c2ccccc2)cc1NC(=O)CN1CCN(S(=O)(=O)c2cccc(F)c2)CC1. The van der Waals surface area contributed by atoms with Crippen molar-refractivity contribution >= 4 is 38.9 Å². The quantitative estimate of drug-likeness (QED) is 0.446. The molecule has 1 amide bonds. The second-order valence-electron chi connectivity index (χ2n) is 8.13. The standard InChI is InChI=1S/C25H26FN3O5S2/c1-2-34-25(31)24-21(16-22(35-24)18-7-4-3-5-8-18)27-23(30)17-28-11-13-29(14-12-28)36(32,33)20-10-6-9-19(26)15-20/h3-10,15-16H,2,11-14,17H2,1H3,(H,27,30). The number of benzene rings is 2. The average Bonchev–Trinajstić information content (AvgIpc) is 3.29. The Balaban J connectivity index is 1.40. The van der Waals surface area contributed by atoms with E-state index in [0.717, 1.165) is 16.5 Å². The first-order valence-corrected chi connectivity index (χ1v) is 13.7. The molecule has 2 heterocycles. The number of ether oxygens (including phenoxy) is 1. The molecule has 1 saturated heterocycles. The molecule has 0 aliphatic carbocycles. The van der Waals surface area contributed by atoms with Gasteiger partial charge in [-0.2, -0.15) is 4.31 Å². The van der Waals surface area contributed by atoms with Crippen LogP contribution in [-0.2, 0) is 19.6 Å². The van der Waals surface area contributed by atoms with Crippen molar-refractivity contribution in [2.24, 2.45) is 0 Å². The summed E-state index contributed by atoms with van der Waals surface area (Å²) in [5.41, 5.74) is 1.30. The Bertz CT molecular complexity index is 1340. The van der Waals surface area contributed by atoms with Gasteiger partial charge in [-0.05, 0) is 36.8 Å². The van der Waals surface area contributed by atoms with Crippen molar-refractivity contribution in [3.63, 3.8) is 0 Å². The van der Waals surface area contributed by atoms with E-state index in [1.54, 1.807) is 13.0 Å². The van der Waals surface area contributed by atoms with Crippen LogP contribution in [0.5, 0.6) is 0 Å². The monoisotopic (exact) mass is 531 g/mol. The average molecular weight is 532 g/mol. The summed E-state index contributed by atoms with van der Waals surface area (Å²) in [5, 5.41) is 2.82. The first-order chi connectivity index (χ1) is 17.3. The lowest BCUT2D eigenvalue weighted by molar-refractivity contribution is -0.117. The first kappa shape index (κ1) is 26.0. The maximum absolute atomic E-state index is 13.5. The number of amides is 1. The van der Waals surface area contributed by atoms with Gasteiger partial charge in [0.25, 0.3) is 0 Å². The zero-order chi connectivity index (χ0) is 25.7. The van der Waals surface area contributed by atoms with Gasteiger partial charge in [-0.15, -0.1) is 11.3 Å². The molecule has 0 spiro atoms. The highest BCUT2D eigenvalue weighted by Crippen LogP contribution is 2.35. The molecule has 36 heavy (non-hydrogen) atoms. The van der Waals surface area contributed by atoms with Crippen LogP contribution in [0.2, 0.25) is 0 Å². The van der Waals surface area contributed by atoms with Gasteiger partial charge in [0, 0.05) is 31.1 Å². The molecular weight excluding hydrogens is 505 g/mol. The third kappa shape index (κ3) is 5.98. The predicted molar refractivity (Wildman–Crippen MR) is 136 cm³/mol. The van der Waals surface area contributed by atoms with E-state index >= 15 is 0 Å². The highest BCUT2D eigenvalue weighted by Gasteiger charge is 2.29. The Hall–Kier alpha value is -3.12. The van der Waals surface area contributed by atoms with Gasteiger partial charge < -0.3 is 10.1 Å². The molecule has 8 nitrogen and oxygen atoms in total. The highest BCUT2D eigenvalue weighted by atomic mass is 32.2. The molecule has 1 aromatic heterocycles. The fraction of sp³-hybridized carbons (Fsp3) is 0.280. The second-order valence-corrected chi connectivity index (χ2v) is 11.1. The number of nitrogens with zero attached hydrogens (tertiary/aromatic N) is 2. The van der Waals surface area contributed by atoms with Crippen molar-refractivity contribution in [3.8, 4) is 10.4 Å². The zero-order valence-electron chi connectivity index (χ0n) is 19.6. The van der Waals surface area contributed by atoms with E-state index in [-0.39, 0.29) is 37.0 Å². The minimum absolute atomic E-state index is 0.0344. The molecule has 1 aliphatic heterocycles. The number of hydrogen-bond acceptors (Lipinski definition) is 7. The number of hydrogen-bond donors (Lipinski definition) is 1. The van der Waals surface area contributed by atoms with Gasteiger partial charge in [-0.1, -0.05) is 36.4 Å². The molecule has 190 valence electrons. The molecule has 0 bridgehead atoms. The smallest absolute Gasteiger partial charge is 0.350 e.